The quantitative estimate of drug-likeness (QED) is 0.757. The molecule has 0 saturated heterocycles. The van der Waals surface area contributed by atoms with Crippen LogP contribution >= 0.6 is 0 Å². The summed E-state index contributed by atoms with van der Waals surface area (Å²) in [5.74, 6) is 2.38. The maximum Gasteiger partial charge on any atom is 0.119 e. The number of rotatable bonds is 9. The first-order valence-corrected chi connectivity index (χ1v) is 8.47. The summed E-state index contributed by atoms with van der Waals surface area (Å²) in [6.45, 7) is 7.72. The first kappa shape index (κ1) is 16.2. The summed E-state index contributed by atoms with van der Waals surface area (Å²) < 4.78 is 16.9. The lowest BCUT2D eigenvalue weighted by Crippen LogP contribution is -2.24. The molecule has 0 spiro atoms. The average molecular weight is 283 g/mol. The van der Waals surface area contributed by atoms with Crippen molar-refractivity contribution < 1.29 is 8.95 Å². The Hall–Kier alpha value is -0.870. The van der Waals surface area contributed by atoms with E-state index < -0.39 is 10.8 Å². The van der Waals surface area contributed by atoms with Crippen LogP contribution in [0.5, 0.6) is 5.75 Å². The average Bonchev–Trinajstić information content (AvgIpc) is 2.45. The van der Waals surface area contributed by atoms with Gasteiger partial charge in [-0.15, -0.1) is 0 Å². The fraction of sp³-hybridized carbons (Fsp3) is 0.600. The molecule has 1 rings (SSSR count). The molecule has 0 amide bonds. The highest BCUT2D eigenvalue weighted by molar-refractivity contribution is 7.84. The summed E-state index contributed by atoms with van der Waals surface area (Å²) in [5, 5.41) is 3.39. The Morgan fingerprint density at radius 3 is 2.53 bits per heavy atom. The van der Waals surface area contributed by atoms with Gasteiger partial charge in [0.25, 0.3) is 0 Å². The van der Waals surface area contributed by atoms with Gasteiger partial charge in [-0.25, -0.2) is 0 Å². The minimum Gasteiger partial charge on any atom is -0.494 e. The number of hydrogen-bond donors (Lipinski definition) is 1. The monoisotopic (exact) mass is 283 g/mol. The van der Waals surface area contributed by atoms with E-state index in [1.807, 2.05) is 19.1 Å². The minimum absolute atomic E-state index is 0.272. The zero-order valence-corrected chi connectivity index (χ0v) is 13.0. The lowest BCUT2D eigenvalue weighted by Gasteiger charge is -2.14. The molecule has 2 atom stereocenters. The van der Waals surface area contributed by atoms with E-state index in [-0.39, 0.29) is 6.04 Å². The van der Waals surface area contributed by atoms with Gasteiger partial charge in [-0.2, -0.15) is 0 Å². The first-order chi connectivity index (χ1) is 9.17. The van der Waals surface area contributed by atoms with E-state index in [9.17, 15) is 4.21 Å². The van der Waals surface area contributed by atoms with Crippen LogP contribution in [-0.2, 0) is 10.8 Å². The number of ether oxygens (including phenoxy) is 1. The Morgan fingerprint density at radius 2 is 1.95 bits per heavy atom. The van der Waals surface area contributed by atoms with Gasteiger partial charge in [0.05, 0.1) is 6.61 Å². The van der Waals surface area contributed by atoms with Crippen molar-refractivity contribution in [2.75, 3.05) is 24.7 Å². The van der Waals surface area contributed by atoms with Gasteiger partial charge in [-0.3, -0.25) is 4.21 Å². The van der Waals surface area contributed by atoms with Gasteiger partial charge in [0.15, 0.2) is 0 Å². The number of benzene rings is 1. The molecule has 0 aromatic heterocycles. The molecule has 1 aromatic rings. The molecule has 1 N–H and O–H groups in total. The third-order valence-electron chi connectivity index (χ3n) is 2.96. The molecule has 2 unspecified atom stereocenters. The van der Waals surface area contributed by atoms with Crippen molar-refractivity contribution in [1.82, 2.24) is 5.32 Å². The molecular weight excluding hydrogens is 258 g/mol. The maximum atomic E-state index is 11.3. The van der Waals surface area contributed by atoms with E-state index >= 15 is 0 Å². The summed E-state index contributed by atoms with van der Waals surface area (Å²) in [7, 11) is -0.690. The van der Waals surface area contributed by atoms with Gasteiger partial charge in [0, 0.05) is 34.9 Å². The first-order valence-electron chi connectivity index (χ1n) is 6.98. The molecule has 0 aliphatic heterocycles. The van der Waals surface area contributed by atoms with E-state index in [0.29, 0.717) is 0 Å². The van der Waals surface area contributed by atoms with Crippen LogP contribution in [0.4, 0.5) is 0 Å². The SMILES string of the molecule is CCCOc1ccc(C(C)NCCS(=O)CC)cc1. The van der Waals surface area contributed by atoms with Crippen molar-refractivity contribution >= 4 is 10.8 Å². The molecular formula is C15H25NO2S. The van der Waals surface area contributed by atoms with Crippen molar-refractivity contribution in [1.29, 1.82) is 0 Å². The Bertz CT molecular complexity index is 378. The van der Waals surface area contributed by atoms with Gasteiger partial charge in [0.1, 0.15) is 5.75 Å². The highest BCUT2D eigenvalue weighted by Crippen LogP contribution is 2.17. The fourth-order valence-corrected chi connectivity index (χ4v) is 2.36. The summed E-state index contributed by atoms with van der Waals surface area (Å²) >= 11 is 0. The van der Waals surface area contributed by atoms with Gasteiger partial charge in [0.2, 0.25) is 0 Å². The molecule has 1 aromatic carbocycles. The van der Waals surface area contributed by atoms with Crippen LogP contribution in [0.25, 0.3) is 0 Å². The van der Waals surface area contributed by atoms with Gasteiger partial charge in [-0.05, 0) is 31.0 Å². The molecule has 0 bridgehead atoms. The standard InChI is InChI=1S/C15H25NO2S/c1-4-11-18-15-8-6-14(7-9-15)13(3)16-10-12-19(17)5-2/h6-9,13,16H,4-5,10-12H2,1-3H3. The van der Waals surface area contributed by atoms with E-state index in [1.165, 1.54) is 5.56 Å². The summed E-state index contributed by atoms with van der Waals surface area (Å²) in [6.07, 6.45) is 1.02. The number of hydrogen-bond acceptors (Lipinski definition) is 3. The zero-order valence-electron chi connectivity index (χ0n) is 12.1. The molecule has 0 radical (unpaired) electrons. The third kappa shape index (κ3) is 6.21. The third-order valence-corrected chi connectivity index (χ3v) is 4.26. The predicted molar refractivity (Wildman–Crippen MR) is 82.2 cm³/mol. The normalized spacial score (nSPS) is 14.1. The second-order valence-electron chi connectivity index (χ2n) is 4.53. The molecule has 0 heterocycles. The van der Waals surface area contributed by atoms with E-state index in [1.54, 1.807) is 0 Å². The van der Waals surface area contributed by atoms with Crippen LogP contribution in [0.3, 0.4) is 0 Å². The second-order valence-corrected chi connectivity index (χ2v) is 6.39. The second kappa shape index (κ2) is 9.10. The van der Waals surface area contributed by atoms with Crippen LogP contribution in [0, 0.1) is 0 Å². The van der Waals surface area contributed by atoms with Gasteiger partial charge < -0.3 is 10.1 Å². The Kier molecular flexibility index (Phi) is 7.75. The van der Waals surface area contributed by atoms with Crippen molar-refractivity contribution in [3.05, 3.63) is 29.8 Å². The predicted octanol–water partition coefficient (Wildman–Crippen LogP) is 2.89. The van der Waals surface area contributed by atoms with E-state index in [2.05, 4.69) is 31.3 Å². The van der Waals surface area contributed by atoms with Crippen molar-refractivity contribution in [2.45, 2.75) is 33.2 Å². The summed E-state index contributed by atoms with van der Waals surface area (Å²) in [5.41, 5.74) is 1.23. The lowest BCUT2D eigenvalue weighted by molar-refractivity contribution is 0.317. The van der Waals surface area contributed by atoms with Crippen LogP contribution in [-0.4, -0.2) is 28.9 Å². The molecule has 3 nitrogen and oxygen atoms in total. The molecule has 0 aliphatic rings. The maximum absolute atomic E-state index is 11.3. The van der Waals surface area contributed by atoms with Crippen LogP contribution < -0.4 is 10.1 Å². The van der Waals surface area contributed by atoms with Crippen molar-refractivity contribution in [3.8, 4) is 5.75 Å². The van der Waals surface area contributed by atoms with Crippen molar-refractivity contribution in [2.24, 2.45) is 0 Å². The summed E-state index contributed by atoms with van der Waals surface area (Å²) in [4.78, 5) is 0. The fourth-order valence-electron chi connectivity index (χ4n) is 1.72. The summed E-state index contributed by atoms with van der Waals surface area (Å²) in [6, 6.07) is 8.45. The minimum atomic E-state index is -0.690. The molecule has 4 heteroatoms. The van der Waals surface area contributed by atoms with Crippen LogP contribution in [0.2, 0.25) is 0 Å². The molecule has 108 valence electrons. The lowest BCUT2D eigenvalue weighted by atomic mass is 10.1. The van der Waals surface area contributed by atoms with E-state index in [0.717, 1.165) is 36.8 Å². The van der Waals surface area contributed by atoms with Crippen molar-refractivity contribution in [3.63, 3.8) is 0 Å². The highest BCUT2D eigenvalue weighted by Gasteiger charge is 2.05. The topological polar surface area (TPSA) is 38.3 Å². The van der Waals surface area contributed by atoms with Gasteiger partial charge >= 0.3 is 0 Å². The Labute approximate surface area is 119 Å². The zero-order chi connectivity index (χ0) is 14.1. The Balaban J connectivity index is 2.39. The molecule has 0 saturated carbocycles. The highest BCUT2D eigenvalue weighted by atomic mass is 32.2. The Morgan fingerprint density at radius 1 is 1.26 bits per heavy atom. The molecule has 0 fully saturated rings. The van der Waals surface area contributed by atoms with Crippen LogP contribution in [0.1, 0.15) is 38.8 Å². The molecule has 0 aliphatic carbocycles. The number of nitrogens with one attached hydrogen (secondary N) is 1. The van der Waals surface area contributed by atoms with Gasteiger partial charge in [-0.1, -0.05) is 26.0 Å². The van der Waals surface area contributed by atoms with E-state index in [4.69, 9.17) is 4.74 Å². The largest absolute Gasteiger partial charge is 0.494 e. The van der Waals surface area contributed by atoms with Crippen LogP contribution in [0.15, 0.2) is 24.3 Å². The smallest absolute Gasteiger partial charge is 0.119 e. The molecule has 19 heavy (non-hydrogen) atoms.